The minimum atomic E-state index is -0.220. The van der Waals surface area contributed by atoms with Crippen molar-refractivity contribution in [3.8, 4) is 5.75 Å². The van der Waals surface area contributed by atoms with Crippen molar-refractivity contribution in [2.75, 3.05) is 12.4 Å². The van der Waals surface area contributed by atoms with Gasteiger partial charge in [0, 0.05) is 5.69 Å². The highest BCUT2D eigenvalue weighted by molar-refractivity contribution is 5.89. The van der Waals surface area contributed by atoms with Gasteiger partial charge in [-0.3, -0.25) is 0 Å². The number of aryl methyl sites for hydroxylation is 1. The fraction of sp³-hybridized carbons (Fsp3) is 0.235. The zero-order chi connectivity index (χ0) is 15.2. The summed E-state index contributed by atoms with van der Waals surface area (Å²) < 4.78 is 5.12. The molecule has 4 nitrogen and oxygen atoms in total. The Balaban J connectivity index is 1.93. The molecule has 0 saturated carbocycles. The summed E-state index contributed by atoms with van der Waals surface area (Å²) in [6.07, 6.45) is 0. The molecule has 0 bridgehead atoms. The van der Waals surface area contributed by atoms with Gasteiger partial charge in [0.1, 0.15) is 5.75 Å². The molecule has 0 aliphatic heterocycles. The van der Waals surface area contributed by atoms with Crippen molar-refractivity contribution in [1.82, 2.24) is 5.32 Å². The van der Waals surface area contributed by atoms with Crippen LogP contribution in [-0.2, 0) is 0 Å². The number of amides is 2. The number of hydrogen-bond acceptors (Lipinski definition) is 2. The van der Waals surface area contributed by atoms with Crippen molar-refractivity contribution >= 4 is 11.7 Å². The van der Waals surface area contributed by atoms with E-state index in [2.05, 4.69) is 10.6 Å². The lowest BCUT2D eigenvalue weighted by atomic mass is 10.1. The summed E-state index contributed by atoms with van der Waals surface area (Å²) in [5.41, 5.74) is 2.96. The first-order chi connectivity index (χ1) is 10.1. The lowest BCUT2D eigenvalue weighted by molar-refractivity contribution is 0.249. The lowest BCUT2D eigenvalue weighted by Crippen LogP contribution is -2.31. The molecule has 0 aliphatic carbocycles. The van der Waals surface area contributed by atoms with Crippen LogP contribution in [0.1, 0.15) is 24.1 Å². The molecule has 1 atom stereocenters. The molecule has 4 heteroatoms. The predicted octanol–water partition coefficient (Wildman–Crippen LogP) is 3.89. The third-order valence-electron chi connectivity index (χ3n) is 3.27. The topological polar surface area (TPSA) is 50.4 Å². The minimum Gasteiger partial charge on any atom is -0.497 e. The van der Waals surface area contributed by atoms with Gasteiger partial charge in [-0.15, -0.1) is 0 Å². The van der Waals surface area contributed by atoms with E-state index in [4.69, 9.17) is 4.74 Å². The Morgan fingerprint density at radius 2 is 1.67 bits per heavy atom. The highest BCUT2D eigenvalue weighted by Crippen LogP contribution is 2.17. The highest BCUT2D eigenvalue weighted by Gasteiger charge is 2.09. The molecular weight excluding hydrogens is 264 g/mol. The summed E-state index contributed by atoms with van der Waals surface area (Å²) in [7, 11) is 1.63. The van der Waals surface area contributed by atoms with E-state index < -0.39 is 0 Å². The monoisotopic (exact) mass is 284 g/mol. The van der Waals surface area contributed by atoms with Crippen LogP contribution in [0.4, 0.5) is 10.5 Å². The van der Waals surface area contributed by atoms with Gasteiger partial charge in [-0.1, -0.05) is 29.8 Å². The first-order valence-corrected chi connectivity index (χ1v) is 6.86. The van der Waals surface area contributed by atoms with E-state index in [1.807, 2.05) is 62.4 Å². The molecule has 2 aromatic rings. The summed E-state index contributed by atoms with van der Waals surface area (Å²) in [6.45, 7) is 3.95. The fourth-order valence-corrected chi connectivity index (χ4v) is 1.98. The number of benzene rings is 2. The van der Waals surface area contributed by atoms with Crippen LogP contribution in [0.15, 0.2) is 48.5 Å². The Hall–Kier alpha value is -2.49. The number of carbonyl (C=O) groups excluding carboxylic acids is 1. The average molecular weight is 284 g/mol. The third kappa shape index (κ3) is 4.24. The largest absolute Gasteiger partial charge is 0.497 e. The van der Waals surface area contributed by atoms with Crippen molar-refractivity contribution in [3.05, 3.63) is 59.7 Å². The molecule has 0 fully saturated rings. The minimum absolute atomic E-state index is 0.0821. The fourth-order valence-electron chi connectivity index (χ4n) is 1.98. The van der Waals surface area contributed by atoms with E-state index >= 15 is 0 Å². The maximum absolute atomic E-state index is 12.0. The number of methoxy groups -OCH3 is 1. The zero-order valence-electron chi connectivity index (χ0n) is 12.5. The number of hydrogen-bond donors (Lipinski definition) is 2. The third-order valence-corrected chi connectivity index (χ3v) is 3.27. The number of urea groups is 1. The molecule has 0 unspecified atom stereocenters. The summed E-state index contributed by atoms with van der Waals surface area (Å²) in [5, 5.41) is 5.72. The second kappa shape index (κ2) is 6.79. The van der Waals surface area contributed by atoms with E-state index in [1.54, 1.807) is 7.11 Å². The summed E-state index contributed by atoms with van der Waals surface area (Å²) in [5.74, 6) is 0.801. The van der Waals surface area contributed by atoms with Gasteiger partial charge in [-0.25, -0.2) is 4.79 Å². The molecule has 2 N–H and O–H groups in total. The zero-order valence-corrected chi connectivity index (χ0v) is 12.5. The van der Waals surface area contributed by atoms with Gasteiger partial charge in [-0.05, 0) is 43.7 Å². The Labute approximate surface area is 125 Å². The molecule has 0 saturated heterocycles. The molecule has 110 valence electrons. The smallest absolute Gasteiger partial charge is 0.319 e. The van der Waals surface area contributed by atoms with Gasteiger partial charge in [0.15, 0.2) is 0 Å². The number of carbonyl (C=O) groups is 1. The van der Waals surface area contributed by atoms with Gasteiger partial charge < -0.3 is 15.4 Å². The van der Waals surface area contributed by atoms with Crippen LogP contribution >= 0.6 is 0 Å². The molecule has 2 aromatic carbocycles. The molecule has 2 amide bonds. The van der Waals surface area contributed by atoms with Gasteiger partial charge in [0.25, 0.3) is 0 Å². The number of ether oxygens (including phenoxy) is 1. The van der Waals surface area contributed by atoms with Gasteiger partial charge >= 0.3 is 6.03 Å². The molecule has 21 heavy (non-hydrogen) atoms. The van der Waals surface area contributed by atoms with E-state index in [0.717, 1.165) is 22.6 Å². The molecule has 0 radical (unpaired) electrons. The van der Waals surface area contributed by atoms with Crippen molar-refractivity contribution < 1.29 is 9.53 Å². The normalized spacial score (nSPS) is 11.6. The van der Waals surface area contributed by atoms with E-state index in [0.29, 0.717) is 0 Å². The summed E-state index contributed by atoms with van der Waals surface area (Å²) >= 11 is 0. The first kappa shape index (κ1) is 14.9. The molecule has 0 heterocycles. The standard InChI is InChI=1S/C17H20N2O2/c1-12-4-8-15(9-5-12)19-17(20)18-13(2)14-6-10-16(21-3)11-7-14/h4-11,13H,1-3H3,(H2,18,19,20)/t13-/m1/s1. The lowest BCUT2D eigenvalue weighted by Gasteiger charge is -2.15. The van der Waals surface area contributed by atoms with Gasteiger partial charge in [0.05, 0.1) is 13.2 Å². The average Bonchev–Trinajstić information content (AvgIpc) is 2.49. The van der Waals surface area contributed by atoms with Crippen LogP contribution < -0.4 is 15.4 Å². The van der Waals surface area contributed by atoms with Crippen molar-refractivity contribution in [2.24, 2.45) is 0 Å². The summed E-state index contributed by atoms with van der Waals surface area (Å²) in [6, 6.07) is 15.0. The maximum Gasteiger partial charge on any atom is 0.319 e. The Morgan fingerprint density at radius 1 is 1.05 bits per heavy atom. The van der Waals surface area contributed by atoms with Crippen LogP contribution in [-0.4, -0.2) is 13.1 Å². The number of anilines is 1. The van der Waals surface area contributed by atoms with Crippen molar-refractivity contribution in [2.45, 2.75) is 19.9 Å². The Bertz CT molecular complexity index is 591. The number of rotatable bonds is 4. The van der Waals surface area contributed by atoms with E-state index in [1.165, 1.54) is 0 Å². The SMILES string of the molecule is COc1ccc([C@@H](C)NC(=O)Nc2ccc(C)cc2)cc1. The maximum atomic E-state index is 12.0. The molecule has 2 rings (SSSR count). The molecule has 0 aliphatic rings. The quantitative estimate of drug-likeness (QED) is 0.895. The highest BCUT2D eigenvalue weighted by atomic mass is 16.5. The van der Waals surface area contributed by atoms with E-state index in [9.17, 15) is 4.79 Å². The molecule has 0 aromatic heterocycles. The molecular formula is C17H20N2O2. The second-order valence-electron chi connectivity index (χ2n) is 4.96. The van der Waals surface area contributed by atoms with Crippen LogP contribution in [0.5, 0.6) is 5.75 Å². The van der Waals surface area contributed by atoms with E-state index in [-0.39, 0.29) is 12.1 Å². The van der Waals surface area contributed by atoms with Crippen molar-refractivity contribution in [3.63, 3.8) is 0 Å². The first-order valence-electron chi connectivity index (χ1n) is 6.86. The van der Waals surface area contributed by atoms with Crippen molar-refractivity contribution in [1.29, 1.82) is 0 Å². The summed E-state index contributed by atoms with van der Waals surface area (Å²) in [4.78, 5) is 12.0. The van der Waals surface area contributed by atoms with Gasteiger partial charge in [-0.2, -0.15) is 0 Å². The number of nitrogens with one attached hydrogen (secondary N) is 2. The second-order valence-corrected chi connectivity index (χ2v) is 4.96. The predicted molar refractivity (Wildman–Crippen MR) is 84.7 cm³/mol. The molecule has 0 spiro atoms. The van der Waals surface area contributed by atoms with Crippen LogP contribution in [0.3, 0.4) is 0 Å². The van der Waals surface area contributed by atoms with Crippen LogP contribution in [0.25, 0.3) is 0 Å². The van der Waals surface area contributed by atoms with Crippen LogP contribution in [0, 0.1) is 6.92 Å². The van der Waals surface area contributed by atoms with Gasteiger partial charge in [0.2, 0.25) is 0 Å². The Kier molecular flexibility index (Phi) is 4.82. The van der Waals surface area contributed by atoms with Crippen LogP contribution in [0.2, 0.25) is 0 Å². The Morgan fingerprint density at radius 3 is 2.24 bits per heavy atom.